The molecule has 212 valence electrons. The Labute approximate surface area is 250 Å². The minimum Gasteiger partial charge on any atom is -0.504 e. The van der Waals surface area contributed by atoms with E-state index in [0.717, 1.165) is 55.0 Å². The zero-order valence-corrected chi connectivity index (χ0v) is 23.1. The van der Waals surface area contributed by atoms with E-state index >= 15 is 0 Å². The molecule has 0 saturated carbocycles. The number of fused-ring (bicyclic) bond motifs is 5. The van der Waals surface area contributed by atoms with Gasteiger partial charge in [-0.05, 0) is 62.0 Å². The molecule has 8 aromatic rings. The predicted molar refractivity (Wildman–Crippen MR) is 173 cm³/mol. The molecule has 0 amide bonds. The lowest BCUT2D eigenvalue weighted by Gasteiger charge is -2.20. The summed E-state index contributed by atoms with van der Waals surface area (Å²) in [6, 6.07) is 37.5. The van der Waals surface area contributed by atoms with E-state index in [1.807, 2.05) is 91.0 Å². The van der Waals surface area contributed by atoms with Crippen LogP contribution in [-0.4, -0.2) is 25.5 Å². The number of phenols is 5. The minimum absolute atomic E-state index is 0.186. The van der Waals surface area contributed by atoms with Crippen LogP contribution >= 0.6 is 0 Å². The van der Waals surface area contributed by atoms with Gasteiger partial charge >= 0.3 is 0 Å². The standard InChI is InChI=1S/C38H24O6/c39-34-33(35(40)37(42)38(43)36(34)41)32-24-14-6-4-12-22(24)30(23-13-5-7-15-25(23)32)27-18-21(20-10-2-1-3-11-20)19-29-31(27)26-16-8-9-17-28(26)44-29/h1-19,39-43H. The topological polar surface area (TPSA) is 114 Å². The first-order valence-electron chi connectivity index (χ1n) is 14.1. The fourth-order valence-corrected chi connectivity index (χ4v) is 6.46. The maximum atomic E-state index is 11.0. The summed E-state index contributed by atoms with van der Waals surface area (Å²) in [5.41, 5.74) is 5.59. The third-order valence-corrected chi connectivity index (χ3v) is 8.41. The highest BCUT2D eigenvalue weighted by Gasteiger charge is 2.28. The van der Waals surface area contributed by atoms with Crippen LogP contribution in [0.25, 0.3) is 76.9 Å². The number of hydrogen-bond acceptors (Lipinski definition) is 6. The molecule has 7 aromatic carbocycles. The van der Waals surface area contributed by atoms with Crippen molar-refractivity contribution < 1.29 is 29.9 Å². The first kappa shape index (κ1) is 25.6. The fourth-order valence-electron chi connectivity index (χ4n) is 6.46. The zero-order chi connectivity index (χ0) is 30.1. The Bertz CT molecular complexity index is 2350. The lowest BCUT2D eigenvalue weighted by Crippen LogP contribution is -1.93. The molecule has 1 heterocycles. The largest absolute Gasteiger partial charge is 0.504 e. The maximum Gasteiger partial charge on any atom is 0.208 e. The zero-order valence-electron chi connectivity index (χ0n) is 23.1. The van der Waals surface area contributed by atoms with Gasteiger partial charge in [0, 0.05) is 16.3 Å². The summed E-state index contributed by atoms with van der Waals surface area (Å²) in [6.45, 7) is 0. The van der Waals surface area contributed by atoms with E-state index in [9.17, 15) is 25.5 Å². The average Bonchev–Trinajstić information content (AvgIpc) is 3.45. The quantitative estimate of drug-likeness (QED) is 0.0813. The third-order valence-electron chi connectivity index (χ3n) is 8.41. The molecule has 5 N–H and O–H groups in total. The van der Waals surface area contributed by atoms with Crippen molar-refractivity contribution in [1.29, 1.82) is 0 Å². The number of furan rings is 1. The Morgan fingerprint density at radius 3 is 1.43 bits per heavy atom. The van der Waals surface area contributed by atoms with Crippen molar-refractivity contribution in [3.05, 3.63) is 115 Å². The predicted octanol–water partition coefficient (Wildman–Crippen LogP) is 9.42. The van der Waals surface area contributed by atoms with E-state index in [2.05, 4.69) is 24.3 Å². The second-order valence-electron chi connectivity index (χ2n) is 10.8. The SMILES string of the molecule is Oc1c(O)c(O)c(-c2c3ccccc3c(-c3cc(-c4ccccc4)cc4oc5ccccc5c34)c3ccccc23)c(O)c1O. The Morgan fingerprint density at radius 2 is 0.841 bits per heavy atom. The average molecular weight is 577 g/mol. The van der Waals surface area contributed by atoms with Crippen molar-refractivity contribution in [2.75, 3.05) is 0 Å². The van der Waals surface area contributed by atoms with Gasteiger partial charge in [-0.2, -0.15) is 0 Å². The Balaban J connectivity index is 1.59. The highest BCUT2D eigenvalue weighted by molar-refractivity contribution is 6.26. The molecule has 6 nitrogen and oxygen atoms in total. The van der Waals surface area contributed by atoms with Gasteiger partial charge in [-0.3, -0.25) is 0 Å². The molecule has 0 saturated heterocycles. The highest BCUT2D eigenvalue weighted by atomic mass is 16.4. The summed E-state index contributed by atoms with van der Waals surface area (Å²) in [5, 5.41) is 58.0. The molecule has 0 unspecified atom stereocenters. The van der Waals surface area contributed by atoms with Crippen molar-refractivity contribution in [3.63, 3.8) is 0 Å². The molecule has 0 radical (unpaired) electrons. The van der Waals surface area contributed by atoms with E-state index in [-0.39, 0.29) is 5.56 Å². The van der Waals surface area contributed by atoms with Crippen LogP contribution in [0.4, 0.5) is 0 Å². The van der Waals surface area contributed by atoms with Crippen LogP contribution in [0, 0.1) is 0 Å². The summed E-state index contributed by atoms with van der Waals surface area (Å²) in [5.74, 6) is -4.32. The summed E-state index contributed by atoms with van der Waals surface area (Å²) in [7, 11) is 0. The molecular weight excluding hydrogens is 552 g/mol. The fraction of sp³-hybridized carbons (Fsp3) is 0. The van der Waals surface area contributed by atoms with E-state index < -0.39 is 28.7 Å². The molecule has 0 bridgehead atoms. The molecule has 6 heteroatoms. The van der Waals surface area contributed by atoms with Gasteiger partial charge in [0.2, 0.25) is 17.2 Å². The van der Waals surface area contributed by atoms with Crippen LogP contribution in [0.1, 0.15) is 0 Å². The number of hydrogen-bond donors (Lipinski definition) is 5. The summed E-state index contributed by atoms with van der Waals surface area (Å²) in [4.78, 5) is 0. The lowest BCUT2D eigenvalue weighted by molar-refractivity contribution is 0.330. The van der Waals surface area contributed by atoms with E-state index in [4.69, 9.17) is 4.42 Å². The molecule has 1 aromatic heterocycles. The maximum absolute atomic E-state index is 11.0. The monoisotopic (exact) mass is 576 g/mol. The van der Waals surface area contributed by atoms with Crippen molar-refractivity contribution >= 4 is 43.5 Å². The van der Waals surface area contributed by atoms with Crippen LogP contribution in [0.15, 0.2) is 120 Å². The van der Waals surface area contributed by atoms with Gasteiger partial charge in [0.15, 0.2) is 11.5 Å². The Morgan fingerprint density at radius 1 is 0.364 bits per heavy atom. The first-order valence-corrected chi connectivity index (χ1v) is 14.1. The molecule has 44 heavy (non-hydrogen) atoms. The second kappa shape index (κ2) is 9.44. The van der Waals surface area contributed by atoms with E-state index in [1.54, 1.807) is 0 Å². The van der Waals surface area contributed by atoms with Crippen molar-refractivity contribution in [1.82, 2.24) is 0 Å². The van der Waals surface area contributed by atoms with Crippen molar-refractivity contribution in [3.8, 4) is 62.1 Å². The molecular formula is C38H24O6. The number of aromatic hydroxyl groups is 5. The van der Waals surface area contributed by atoms with Crippen LogP contribution in [0.2, 0.25) is 0 Å². The summed E-state index contributed by atoms with van der Waals surface area (Å²) >= 11 is 0. The summed E-state index contributed by atoms with van der Waals surface area (Å²) in [6.07, 6.45) is 0. The van der Waals surface area contributed by atoms with Crippen LogP contribution in [-0.2, 0) is 0 Å². The van der Waals surface area contributed by atoms with Crippen LogP contribution in [0.5, 0.6) is 28.7 Å². The Kier molecular flexibility index (Phi) is 5.48. The highest BCUT2D eigenvalue weighted by Crippen LogP contribution is 2.58. The summed E-state index contributed by atoms with van der Waals surface area (Å²) < 4.78 is 6.42. The molecule has 0 spiro atoms. The molecule has 0 aliphatic heterocycles. The van der Waals surface area contributed by atoms with Gasteiger partial charge in [0.1, 0.15) is 11.2 Å². The van der Waals surface area contributed by atoms with Crippen molar-refractivity contribution in [2.24, 2.45) is 0 Å². The normalized spacial score (nSPS) is 11.6. The van der Waals surface area contributed by atoms with Crippen molar-refractivity contribution in [2.45, 2.75) is 0 Å². The Hall–Kier alpha value is -6.14. The second-order valence-corrected chi connectivity index (χ2v) is 10.8. The van der Waals surface area contributed by atoms with E-state index in [1.165, 1.54) is 0 Å². The van der Waals surface area contributed by atoms with E-state index in [0.29, 0.717) is 16.3 Å². The van der Waals surface area contributed by atoms with Gasteiger partial charge < -0.3 is 29.9 Å². The molecule has 0 fully saturated rings. The first-order chi connectivity index (χ1) is 21.4. The van der Waals surface area contributed by atoms with Crippen LogP contribution < -0.4 is 0 Å². The molecule has 8 rings (SSSR count). The smallest absolute Gasteiger partial charge is 0.208 e. The van der Waals surface area contributed by atoms with Gasteiger partial charge in [0.25, 0.3) is 0 Å². The van der Waals surface area contributed by atoms with Crippen LogP contribution in [0.3, 0.4) is 0 Å². The number of para-hydroxylation sites is 1. The van der Waals surface area contributed by atoms with Gasteiger partial charge in [0.05, 0.1) is 5.56 Å². The van der Waals surface area contributed by atoms with Gasteiger partial charge in [-0.25, -0.2) is 0 Å². The number of benzene rings is 7. The molecule has 0 aliphatic rings. The number of rotatable bonds is 3. The molecule has 0 aliphatic carbocycles. The van der Waals surface area contributed by atoms with Gasteiger partial charge in [-0.15, -0.1) is 0 Å². The lowest BCUT2D eigenvalue weighted by atomic mass is 9.83. The third kappa shape index (κ3) is 3.55. The number of phenolic OH excluding ortho intramolecular Hbond substituents is 5. The van der Waals surface area contributed by atoms with Gasteiger partial charge in [-0.1, -0.05) is 97.1 Å². The minimum atomic E-state index is -0.999. The molecule has 0 atom stereocenters.